The molecule has 0 atom stereocenters. The molecule has 0 aromatic heterocycles. The quantitative estimate of drug-likeness (QED) is 0.316. The van der Waals surface area contributed by atoms with Crippen molar-refractivity contribution in [1.82, 2.24) is 15.5 Å². The van der Waals surface area contributed by atoms with Gasteiger partial charge in [-0.1, -0.05) is 18.5 Å². The van der Waals surface area contributed by atoms with E-state index in [2.05, 4.69) is 32.2 Å². The summed E-state index contributed by atoms with van der Waals surface area (Å²) in [6.07, 6.45) is 0. The minimum Gasteiger partial charge on any atom is -0.434 e. The Balaban J connectivity index is 0.00000576. The van der Waals surface area contributed by atoms with Crippen molar-refractivity contribution >= 4 is 41.5 Å². The number of likely N-dealkylation sites (N-methyl/N-ethyl adjacent to an activating group) is 1. The topological polar surface area (TPSA) is 48.9 Å². The van der Waals surface area contributed by atoms with E-state index < -0.39 is 6.61 Å². The van der Waals surface area contributed by atoms with Crippen molar-refractivity contribution in [3.05, 3.63) is 28.8 Å². The fraction of sp³-hybridized carbons (Fsp3) is 0.562. The molecule has 0 heterocycles. The van der Waals surface area contributed by atoms with E-state index in [1.807, 2.05) is 14.0 Å². The van der Waals surface area contributed by atoms with Crippen molar-refractivity contribution in [3.8, 4) is 5.75 Å². The number of alkyl halides is 2. The fourth-order valence-corrected chi connectivity index (χ4v) is 2.11. The van der Waals surface area contributed by atoms with Crippen LogP contribution < -0.4 is 15.4 Å². The van der Waals surface area contributed by atoms with Crippen LogP contribution in [-0.4, -0.2) is 50.7 Å². The van der Waals surface area contributed by atoms with Crippen LogP contribution in [0.25, 0.3) is 0 Å². The van der Waals surface area contributed by atoms with E-state index >= 15 is 0 Å². The van der Waals surface area contributed by atoms with Gasteiger partial charge in [-0.05, 0) is 38.7 Å². The summed E-state index contributed by atoms with van der Waals surface area (Å²) in [4.78, 5) is 6.58. The molecule has 0 aliphatic heterocycles. The van der Waals surface area contributed by atoms with Gasteiger partial charge in [0.25, 0.3) is 0 Å². The molecule has 144 valence electrons. The monoisotopic (exact) mass is 490 g/mol. The van der Waals surface area contributed by atoms with Gasteiger partial charge in [-0.3, -0.25) is 0 Å². The summed E-state index contributed by atoms with van der Waals surface area (Å²) in [6, 6.07) is 4.52. The number of guanidine groups is 1. The molecule has 1 aromatic carbocycles. The molecule has 0 unspecified atom stereocenters. The predicted octanol–water partition coefficient (Wildman–Crippen LogP) is 3.57. The van der Waals surface area contributed by atoms with E-state index in [0.717, 1.165) is 19.6 Å². The summed E-state index contributed by atoms with van der Waals surface area (Å²) in [7, 11) is 2.03. The Bertz CT molecular complexity index is 535. The zero-order chi connectivity index (χ0) is 17.9. The van der Waals surface area contributed by atoms with E-state index in [9.17, 15) is 8.78 Å². The van der Waals surface area contributed by atoms with Crippen LogP contribution in [0.1, 0.15) is 19.4 Å². The Morgan fingerprint density at radius 3 is 2.64 bits per heavy atom. The molecule has 0 radical (unpaired) electrons. The highest BCUT2D eigenvalue weighted by molar-refractivity contribution is 14.0. The molecule has 0 saturated carbocycles. The third-order valence-electron chi connectivity index (χ3n) is 3.32. The minimum atomic E-state index is -2.88. The van der Waals surface area contributed by atoms with Gasteiger partial charge in [0.1, 0.15) is 5.75 Å². The largest absolute Gasteiger partial charge is 0.434 e. The maximum absolute atomic E-state index is 12.5. The summed E-state index contributed by atoms with van der Waals surface area (Å²) < 4.78 is 29.5. The molecule has 0 spiro atoms. The molecule has 1 aromatic rings. The molecule has 0 aliphatic carbocycles. The molecule has 2 N–H and O–H groups in total. The molecule has 5 nitrogen and oxygen atoms in total. The van der Waals surface area contributed by atoms with Gasteiger partial charge >= 0.3 is 6.61 Å². The van der Waals surface area contributed by atoms with Crippen LogP contribution in [0.3, 0.4) is 0 Å². The first-order chi connectivity index (χ1) is 11.5. The number of hydrogen-bond donors (Lipinski definition) is 2. The normalized spacial score (nSPS) is 11.4. The number of rotatable bonds is 9. The van der Waals surface area contributed by atoms with Gasteiger partial charge in [-0.15, -0.1) is 24.0 Å². The summed E-state index contributed by atoms with van der Waals surface area (Å²) >= 11 is 5.94. The Morgan fingerprint density at radius 2 is 2.04 bits per heavy atom. The predicted molar refractivity (Wildman–Crippen MR) is 109 cm³/mol. The summed E-state index contributed by atoms with van der Waals surface area (Å²) in [6.45, 7) is 4.61. The zero-order valence-corrected chi connectivity index (χ0v) is 17.8. The maximum Gasteiger partial charge on any atom is 0.387 e. The second-order valence-electron chi connectivity index (χ2n) is 5.15. The standard InChI is InChI=1S/C16H25ClF2N4O.HI/c1-4-20-16(21-8-9-23(3)5-2)22-11-12-10-13(17)6-7-14(12)24-15(18)19;/h6-7,10,15H,4-5,8-9,11H2,1-3H3,(H2,20,21,22);1H. The summed E-state index contributed by atoms with van der Waals surface area (Å²) in [5.41, 5.74) is 0.505. The second-order valence-corrected chi connectivity index (χ2v) is 5.58. The highest BCUT2D eigenvalue weighted by atomic mass is 127. The molecule has 1 rings (SSSR count). The van der Waals surface area contributed by atoms with Crippen molar-refractivity contribution < 1.29 is 13.5 Å². The highest BCUT2D eigenvalue weighted by Crippen LogP contribution is 2.25. The van der Waals surface area contributed by atoms with Crippen LogP contribution in [0.15, 0.2) is 23.2 Å². The van der Waals surface area contributed by atoms with E-state index in [-0.39, 0.29) is 36.3 Å². The fourth-order valence-electron chi connectivity index (χ4n) is 1.91. The second kappa shape index (κ2) is 13.3. The average Bonchev–Trinajstić information content (AvgIpc) is 2.54. The number of halogens is 4. The minimum absolute atomic E-state index is 0. The molecular formula is C16H26ClF2IN4O. The average molecular weight is 491 g/mol. The van der Waals surface area contributed by atoms with Gasteiger partial charge in [-0.25, -0.2) is 4.99 Å². The number of benzene rings is 1. The highest BCUT2D eigenvalue weighted by Gasteiger charge is 2.10. The molecule has 0 saturated heterocycles. The van der Waals surface area contributed by atoms with Crippen LogP contribution in [0.2, 0.25) is 5.02 Å². The van der Waals surface area contributed by atoms with Crippen molar-refractivity contribution in [2.24, 2.45) is 4.99 Å². The van der Waals surface area contributed by atoms with Crippen molar-refractivity contribution in [2.75, 3.05) is 33.2 Å². The SMILES string of the molecule is CCNC(=NCc1cc(Cl)ccc1OC(F)F)NCCN(C)CC.I. The molecule has 9 heteroatoms. The number of nitrogens with one attached hydrogen (secondary N) is 2. The maximum atomic E-state index is 12.5. The van der Waals surface area contributed by atoms with Gasteiger partial charge in [0, 0.05) is 30.2 Å². The summed E-state index contributed by atoms with van der Waals surface area (Å²) in [5.74, 6) is 0.699. The number of hydrogen-bond acceptors (Lipinski definition) is 3. The van der Waals surface area contributed by atoms with E-state index in [1.54, 1.807) is 6.07 Å². The Kier molecular flexibility index (Phi) is 12.9. The lowest BCUT2D eigenvalue weighted by Crippen LogP contribution is -2.40. The summed E-state index contributed by atoms with van der Waals surface area (Å²) in [5, 5.41) is 6.77. The zero-order valence-electron chi connectivity index (χ0n) is 14.7. The van der Waals surface area contributed by atoms with Gasteiger partial charge in [0.2, 0.25) is 0 Å². The van der Waals surface area contributed by atoms with Gasteiger partial charge in [0.05, 0.1) is 6.54 Å². The van der Waals surface area contributed by atoms with E-state index in [0.29, 0.717) is 23.1 Å². The molecule has 0 amide bonds. The first kappa shape index (κ1) is 24.1. The van der Waals surface area contributed by atoms with Crippen LogP contribution in [-0.2, 0) is 6.54 Å². The van der Waals surface area contributed by atoms with Crippen LogP contribution in [0, 0.1) is 0 Å². The van der Waals surface area contributed by atoms with Crippen molar-refractivity contribution in [3.63, 3.8) is 0 Å². The van der Waals surface area contributed by atoms with Crippen LogP contribution >= 0.6 is 35.6 Å². The molecule has 25 heavy (non-hydrogen) atoms. The van der Waals surface area contributed by atoms with Crippen molar-refractivity contribution in [1.29, 1.82) is 0 Å². The lowest BCUT2D eigenvalue weighted by molar-refractivity contribution is -0.0504. The van der Waals surface area contributed by atoms with Gasteiger partial charge in [0.15, 0.2) is 5.96 Å². The Labute approximate surface area is 170 Å². The first-order valence-corrected chi connectivity index (χ1v) is 8.28. The van der Waals surface area contributed by atoms with Crippen LogP contribution in [0.4, 0.5) is 8.78 Å². The molecule has 0 aliphatic rings. The number of aliphatic imine (C=N–C) groups is 1. The van der Waals surface area contributed by atoms with Crippen molar-refractivity contribution in [2.45, 2.75) is 27.0 Å². The lowest BCUT2D eigenvalue weighted by atomic mass is 10.2. The third-order valence-corrected chi connectivity index (χ3v) is 3.55. The number of nitrogens with zero attached hydrogens (tertiary/aromatic N) is 2. The smallest absolute Gasteiger partial charge is 0.387 e. The van der Waals surface area contributed by atoms with Gasteiger partial charge < -0.3 is 20.3 Å². The lowest BCUT2D eigenvalue weighted by Gasteiger charge is -2.16. The van der Waals surface area contributed by atoms with Crippen LogP contribution in [0.5, 0.6) is 5.75 Å². The number of ether oxygens (including phenoxy) is 1. The Morgan fingerprint density at radius 1 is 1.32 bits per heavy atom. The van der Waals surface area contributed by atoms with E-state index in [4.69, 9.17) is 11.6 Å². The van der Waals surface area contributed by atoms with Gasteiger partial charge in [-0.2, -0.15) is 8.78 Å². The molecule has 0 bridgehead atoms. The first-order valence-electron chi connectivity index (χ1n) is 7.90. The molecule has 0 fully saturated rings. The molecular weight excluding hydrogens is 465 g/mol. The third kappa shape index (κ3) is 10.0. The van der Waals surface area contributed by atoms with E-state index in [1.165, 1.54) is 12.1 Å². The Hall–Kier alpha value is -0.870.